The van der Waals surface area contributed by atoms with Gasteiger partial charge in [0.15, 0.2) is 0 Å². The molecule has 30 heavy (non-hydrogen) atoms. The molecular formula is C20H14N2O7S. The zero-order chi connectivity index (χ0) is 21.9. The largest absolute Gasteiger partial charge is 0.478 e. The van der Waals surface area contributed by atoms with Crippen LogP contribution in [0.2, 0.25) is 0 Å². The summed E-state index contributed by atoms with van der Waals surface area (Å²) in [4.78, 5) is 46.4. The van der Waals surface area contributed by atoms with E-state index in [1.54, 1.807) is 0 Å². The van der Waals surface area contributed by atoms with Crippen LogP contribution in [0.3, 0.4) is 0 Å². The smallest absolute Gasteiger partial charge is 0.328 e. The molecule has 0 atom stereocenters. The van der Waals surface area contributed by atoms with Crippen LogP contribution in [0.25, 0.3) is 0 Å². The minimum absolute atomic E-state index is 0.111. The topological polar surface area (TPSA) is 138 Å². The van der Waals surface area contributed by atoms with E-state index in [-0.39, 0.29) is 21.2 Å². The Morgan fingerprint density at radius 1 is 0.900 bits per heavy atom. The highest BCUT2D eigenvalue weighted by Gasteiger charge is 2.27. The number of imide groups is 1. The Kier molecular flexibility index (Phi) is 5.61. The molecule has 0 bridgehead atoms. The molecule has 1 heterocycles. The molecule has 1 aliphatic heterocycles. The fraction of sp³-hybridized carbons (Fsp3) is 0. The molecule has 152 valence electrons. The van der Waals surface area contributed by atoms with E-state index in [1.807, 2.05) is 0 Å². The van der Waals surface area contributed by atoms with Gasteiger partial charge in [0.2, 0.25) is 15.7 Å². The van der Waals surface area contributed by atoms with Gasteiger partial charge in [-0.05, 0) is 36.4 Å². The summed E-state index contributed by atoms with van der Waals surface area (Å²) in [6.45, 7) is 0. The summed E-state index contributed by atoms with van der Waals surface area (Å²) in [5.41, 5.74) is 0.251. The highest BCUT2D eigenvalue weighted by Crippen LogP contribution is 2.27. The third-order valence-corrected chi connectivity index (χ3v) is 5.73. The maximum Gasteiger partial charge on any atom is 0.328 e. The molecule has 3 amide bonds. The number of benzene rings is 2. The molecule has 0 radical (unpaired) electrons. The molecule has 0 unspecified atom stereocenters. The van der Waals surface area contributed by atoms with Gasteiger partial charge in [-0.15, -0.1) is 0 Å². The van der Waals surface area contributed by atoms with E-state index in [1.165, 1.54) is 48.5 Å². The van der Waals surface area contributed by atoms with Crippen LogP contribution in [0.1, 0.15) is 0 Å². The van der Waals surface area contributed by atoms with Gasteiger partial charge in [0, 0.05) is 30.0 Å². The number of anilines is 2. The van der Waals surface area contributed by atoms with Crippen LogP contribution in [0, 0.1) is 0 Å². The molecule has 3 rings (SSSR count). The second-order valence-corrected chi connectivity index (χ2v) is 7.98. The molecule has 10 heteroatoms. The van der Waals surface area contributed by atoms with Gasteiger partial charge in [-0.2, -0.15) is 0 Å². The molecule has 2 N–H and O–H groups in total. The van der Waals surface area contributed by atoms with Gasteiger partial charge in [0.1, 0.15) is 0 Å². The van der Waals surface area contributed by atoms with Crippen molar-refractivity contribution < 1.29 is 32.7 Å². The molecule has 0 aliphatic carbocycles. The van der Waals surface area contributed by atoms with Gasteiger partial charge in [-0.1, -0.05) is 12.1 Å². The van der Waals surface area contributed by atoms with Crippen molar-refractivity contribution in [3.63, 3.8) is 0 Å². The average Bonchev–Trinajstić information content (AvgIpc) is 3.05. The lowest BCUT2D eigenvalue weighted by Gasteiger charge is -2.15. The predicted molar refractivity (Wildman–Crippen MR) is 105 cm³/mol. The number of sulfone groups is 1. The molecule has 2 aromatic rings. The Balaban J connectivity index is 1.90. The van der Waals surface area contributed by atoms with Gasteiger partial charge in [-0.3, -0.25) is 14.4 Å². The van der Waals surface area contributed by atoms with Gasteiger partial charge < -0.3 is 10.4 Å². The van der Waals surface area contributed by atoms with E-state index in [2.05, 4.69) is 5.32 Å². The summed E-state index contributed by atoms with van der Waals surface area (Å²) in [6, 6.07) is 10.7. The summed E-state index contributed by atoms with van der Waals surface area (Å²) < 4.78 is 26.0. The van der Waals surface area contributed by atoms with Gasteiger partial charge >= 0.3 is 5.97 Å². The van der Waals surface area contributed by atoms with E-state index in [0.29, 0.717) is 6.08 Å². The Hall–Kier alpha value is -4.05. The lowest BCUT2D eigenvalue weighted by molar-refractivity contribution is -0.131. The van der Waals surface area contributed by atoms with Crippen molar-refractivity contribution in [3.05, 3.63) is 72.8 Å². The standard InChI is InChI=1S/C20H14N2O7S/c23-17(7-10-20(26)27)21-13-3-1-5-15(11-13)30(28,29)16-6-2-4-14(12-16)22-18(24)8-9-19(22)25/h1-12H,(H,21,23)(H,26,27)/b10-7+. The summed E-state index contributed by atoms with van der Waals surface area (Å²) in [5, 5.41) is 10.9. The van der Waals surface area contributed by atoms with E-state index < -0.39 is 33.5 Å². The average molecular weight is 426 g/mol. The zero-order valence-electron chi connectivity index (χ0n) is 15.2. The lowest BCUT2D eigenvalue weighted by atomic mass is 10.3. The Labute approximate surface area is 170 Å². The number of nitrogens with one attached hydrogen (secondary N) is 1. The first-order chi connectivity index (χ1) is 14.2. The number of carboxylic acids is 1. The normalized spacial score (nSPS) is 13.8. The number of carbonyl (C=O) groups is 4. The number of hydrogen-bond donors (Lipinski definition) is 2. The fourth-order valence-electron chi connectivity index (χ4n) is 2.65. The zero-order valence-corrected chi connectivity index (χ0v) is 16.0. The van der Waals surface area contributed by atoms with E-state index in [9.17, 15) is 27.6 Å². The number of carboxylic acid groups (broad SMARTS) is 1. The Morgan fingerprint density at radius 3 is 2.13 bits per heavy atom. The monoisotopic (exact) mass is 426 g/mol. The Morgan fingerprint density at radius 2 is 1.50 bits per heavy atom. The first-order valence-electron chi connectivity index (χ1n) is 8.42. The molecule has 0 aromatic heterocycles. The van der Waals surface area contributed by atoms with Crippen molar-refractivity contribution in [2.24, 2.45) is 0 Å². The maximum absolute atomic E-state index is 13.0. The second-order valence-electron chi connectivity index (χ2n) is 6.03. The molecular weight excluding hydrogens is 412 g/mol. The van der Waals surface area contributed by atoms with Crippen molar-refractivity contribution in [1.29, 1.82) is 0 Å². The summed E-state index contributed by atoms with van der Waals surface area (Å²) in [7, 11) is -4.04. The van der Waals surface area contributed by atoms with Crippen LogP contribution in [-0.2, 0) is 29.0 Å². The first-order valence-corrected chi connectivity index (χ1v) is 9.90. The number of hydrogen-bond acceptors (Lipinski definition) is 6. The van der Waals surface area contributed by atoms with Crippen molar-refractivity contribution >= 4 is 44.9 Å². The van der Waals surface area contributed by atoms with E-state index >= 15 is 0 Å². The van der Waals surface area contributed by atoms with Gasteiger partial charge in [-0.25, -0.2) is 18.1 Å². The maximum atomic E-state index is 13.0. The summed E-state index contributed by atoms with van der Waals surface area (Å²) in [5.74, 6) is -3.19. The summed E-state index contributed by atoms with van der Waals surface area (Å²) >= 11 is 0. The number of carbonyl (C=O) groups excluding carboxylic acids is 3. The fourth-order valence-corrected chi connectivity index (χ4v) is 4.00. The quantitative estimate of drug-likeness (QED) is 0.528. The van der Waals surface area contributed by atoms with Crippen LogP contribution >= 0.6 is 0 Å². The van der Waals surface area contributed by atoms with Gasteiger partial charge in [0.25, 0.3) is 11.8 Å². The third-order valence-electron chi connectivity index (χ3n) is 3.98. The predicted octanol–water partition coefficient (Wildman–Crippen LogP) is 1.53. The molecule has 0 saturated heterocycles. The molecule has 2 aromatic carbocycles. The minimum atomic E-state index is -4.04. The summed E-state index contributed by atoms with van der Waals surface area (Å²) in [6.07, 6.45) is 3.63. The van der Waals surface area contributed by atoms with Crippen LogP contribution in [0.15, 0.2) is 82.6 Å². The molecule has 0 fully saturated rings. The highest BCUT2D eigenvalue weighted by molar-refractivity contribution is 7.91. The number of nitrogens with zero attached hydrogens (tertiary/aromatic N) is 1. The third kappa shape index (κ3) is 4.33. The molecule has 0 saturated carbocycles. The number of amides is 3. The van der Waals surface area contributed by atoms with Crippen LogP contribution < -0.4 is 10.2 Å². The first kappa shape index (κ1) is 20.7. The van der Waals surface area contributed by atoms with Crippen LogP contribution in [0.4, 0.5) is 11.4 Å². The number of rotatable bonds is 6. The molecule has 9 nitrogen and oxygen atoms in total. The van der Waals surface area contributed by atoms with Crippen molar-refractivity contribution in [1.82, 2.24) is 0 Å². The van der Waals surface area contributed by atoms with Crippen LogP contribution in [-0.4, -0.2) is 37.2 Å². The molecule has 1 aliphatic rings. The minimum Gasteiger partial charge on any atom is -0.478 e. The van der Waals surface area contributed by atoms with Crippen molar-refractivity contribution in [2.45, 2.75) is 9.79 Å². The van der Waals surface area contributed by atoms with E-state index in [0.717, 1.165) is 23.1 Å². The number of aliphatic carboxylic acids is 1. The SMILES string of the molecule is O=C(O)/C=C/C(=O)Nc1cccc(S(=O)(=O)c2cccc(N3C(=O)C=CC3=O)c2)c1. The highest BCUT2D eigenvalue weighted by atomic mass is 32.2. The second kappa shape index (κ2) is 8.13. The molecule has 0 spiro atoms. The Bertz CT molecular complexity index is 1210. The lowest BCUT2D eigenvalue weighted by Crippen LogP contribution is -2.29. The van der Waals surface area contributed by atoms with Crippen molar-refractivity contribution in [3.8, 4) is 0 Å². The van der Waals surface area contributed by atoms with E-state index in [4.69, 9.17) is 5.11 Å². The van der Waals surface area contributed by atoms with Crippen LogP contribution in [0.5, 0.6) is 0 Å². The van der Waals surface area contributed by atoms with Crippen molar-refractivity contribution in [2.75, 3.05) is 10.2 Å². The van der Waals surface area contributed by atoms with Gasteiger partial charge in [0.05, 0.1) is 15.5 Å².